The number of amides is 2. The van der Waals surface area contributed by atoms with E-state index in [-0.39, 0.29) is 17.9 Å². The van der Waals surface area contributed by atoms with Crippen molar-refractivity contribution in [3.05, 3.63) is 34.9 Å². The molecule has 134 valence electrons. The van der Waals surface area contributed by atoms with Gasteiger partial charge < -0.3 is 15.4 Å². The van der Waals surface area contributed by atoms with Gasteiger partial charge >= 0.3 is 0 Å². The zero-order valence-electron chi connectivity index (χ0n) is 14.6. The van der Waals surface area contributed by atoms with Crippen molar-refractivity contribution in [2.24, 2.45) is 7.05 Å². The predicted octanol–water partition coefficient (Wildman–Crippen LogP) is -0.344. The monoisotopic (exact) mass is 346 g/mol. The predicted molar refractivity (Wildman–Crippen MR) is 89.3 cm³/mol. The van der Waals surface area contributed by atoms with Crippen LogP contribution in [0.5, 0.6) is 0 Å². The minimum atomic E-state index is -0.218. The van der Waals surface area contributed by atoms with Crippen LogP contribution in [0.2, 0.25) is 0 Å². The van der Waals surface area contributed by atoms with Crippen molar-refractivity contribution < 1.29 is 14.3 Å². The van der Waals surface area contributed by atoms with E-state index in [1.165, 1.54) is 0 Å². The lowest BCUT2D eigenvalue weighted by Crippen LogP contribution is -2.37. The number of carbonyl (C=O) groups excluding carboxylic acids is 2. The second-order valence-electron chi connectivity index (χ2n) is 6.12. The van der Waals surface area contributed by atoms with Crippen LogP contribution < -0.4 is 10.6 Å². The molecule has 1 atom stereocenters. The van der Waals surface area contributed by atoms with Gasteiger partial charge in [0.15, 0.2) is 0 Å². The van der Waals surface area contributed by atoms with E-state index < -0.39 is 0 Å². The van der Waals surface area contributed by atoms with Gasteiger partial charge in [-0.2, -0.15) is 10.2 Å². The summed E-state index contributed by atoms with van der Waals surface area (Å²) in [5.41, 5.74) is 2.65. The zero-order chi connectivity index (χ0) is 18.0. The third-order valence-electron chi connectivity index (χ3n) is 4.11. The molecule has 0 aliphatic carbocycles. The van der Waals surface area contributed by atoms with Crippen LogP contribution in [0.25, 0.3) is 0 Å². The molecule has 0 radical (unpaired) electrons. The lowest BCUT2D eigenvalue weighted by Gasteiger charge is -2.11. The number of rotatable bonds is 6. The Bertz CT molecular complexity index is 770. The third kappa shape index (κ3) is 3.71. The number of hydrogen-bond acceptors (Lipinski definition) is 5. The van der Waals surface area contributed by atoms with Gasteiger partial charge in [-0.15, -0.1) is 0 Å². The zero-order valence-corrected chi connectivity index (χ0v) is 14.6. The van der Waals surface area contributed by atoms with Crippen molar-refractivity contribution in [2.75, 3.05) is 20.3 Å². The molecule has 0 unspecified atom stereocenters. The maximum atomic E-state index is 12.4. The van der Waals surface area contributed by atoms with Crippen molar-refractivity contribution in [2.45, 2.75) is 25.9 Å². The molecule has 0 saturated carbocycles. The average Bonchev–Trinajstić information content (AvgIpc) is 3.20. The van der Waals surface area contributed by atoms with Crippen LogP contribution in [0.4, 0.5) is 0 Å². The summed E-state index contributed by atoms with van der Waals surface area (Å²) in [6, 6.07) is 3.48. The highest BCUT2D eigenvalue weighted by atomic mass is 16.5. The topological polar surface area (TPSA) is 103 Å². The minimum Gasteiger partial charge on any atom is -0.383 e. The van der Waals surface area contributed by atoms with Crippen LogP contribution in [0.1, 0.15) is 32.4 Å². The molecule has 2 aromatic rings. The Hall–Kier alpha value is -2.68. The molecule has 2 N–H and O–H groups in total. The van der Waals surface area contributed by atoms with Crippen LogP contribution >= 0.6 is 0 Å². The molecule has 2 aromatic heterocycles. The van der Waals surface area contributed by atoms with Crippen molar-refractivity contribution in [1.29, 1.82) is 0 Å². The van der Waals surface area contributed by atoms with Crippen LogP contribution in [0.15, 0.2) is 12.1 Å². The summed E-state index contributed by atoms with van der Waals surface area (Å²) in [7, 11) is 3.33. The molecule has 0 bridgehead atoms. The summed E-state index contributed by atoms with van der Waals surface area (Å²) in [6.07, 6.45) is 0.640. The van der Waals surface area contributed by atoms with Gasteiger partial charge in [0.1, 0.15) is 11.4 Å². The maximum absolute atomic E-state index is 12.4. The summed E-state index contributed by atoms with van der Waals surface area (Å²) in [5.74, 6) is -0.374. The fraction of sp³-hybridized carbons (Fsp3) is 0.500. The number of nitrogens with one attached hydrogen (secondary N) is 2. The quantitative estimate of drug-likeness (QED) is 0.697. The number of methoxy groups -OCH3 is 1. The smallest absolute Gasteiger partial charge is 0.271 e. The average molecular weight is 346 g/mol. The molecule has 1 aliphatic rings. The van der Waals surface area contributed by atoms with Gasteiger partial charge in [-0.3, -0.25) is 19.0 Å². The van der Waals surface area contributed by atoms with Gasteiger partial charge in [-0.05, 0) is 19.1 Å². The first-order chi connectivity index (χ1) is 12.0. The van der Waals surface area contributed by atoms with E-state index in [2.05, 4.69) is 20.8 Å². The number of aromatic nitrogens is 4. The van der Waals surface area contributed by atoms with E-state index in [9.17, 15) is 9.59 Å². The summed E-state index contributed by atoms with van der Waals surface area (Å²) in [4.78, 5) is 24.3. The van der Waals surface area contributed by atoms with E-state index in [1.807, 2.05) is 6.92 Å². The van der Waals surface area contributed by atoms with Crippen molar-refractivity contribution >= 4 is 11.8 Å². The molecule has 3 heterocycles. The number of fused-ring (bicyclic) bond motifs is 1. The van der Waals surface area contributed by atoms with E-state index in [0.717, 1.165) is 11.4 Å². The Balaban J connectivity index is 1.57. The first kappa shape index (κ1) is 17.2. The van der Waals surface area contributed by atoms with Gasteiger partial charge in [0.05, 0.1) is 24.9 Å². The van der Waals surface area contributed by atoms with E-state index in [4.69, 9.17) is 4.74 Å². The van der Waals surface area contributed by atoms with Crippen LogP contribution in [0.3, 0.4) is 0 Å². The van der Waals surface area contributed by atoms with Crippen LogP contribution in [-0.2, 0) is 24.8 Å². The minimum absolute atomic E-state index is 0.0455. The normalized spacial score (nSPS) is 15.9. The molecule has 0 spiro atoms. The molecule has 1 aliphatic heterocycles. The molecule has 0 aromatic carbocycles. The van der Waals surface area contributed by atoms with Gasteiger partial charge in [0, 0.05) is 32.8 Å². The fourth-order valence-electron chi connectivity index (χ4n) is 2.95. The third-order valence-corrected chi connectivity index (χ3v) is 4.11. The first-order valence-electron chi connectivity index (χ1n) is 8.13. The molecular weight excluding hydrogens is 324 g/mol. The van der Waals surface area contributed by atoms with Crippen LogP contribution in [-0.4, -0.2) is 57.7 Å². The lowest BCUT2D eigenvalue weighted by molar-refractivity contribution is 0.0916. The summed E-state index contributed by atoms with van der Waals surface area (Å²) in [6.45, 7) is 3.30. The number of ether oxygens (including phenoxy) is 1. The summed E-state index contributed by atoms with van der Waals surface area (Å²) < 4.78 is 8.24. The van der Waals surface area contributed by atoms with Crippen molar-refractivity contribution in [3.63, 3.8) is 0 Å². The highest BCUT2D eigenvalue weighted by Crippen LogP contribution is 2.16. The Kier molecular flexibility index (Phi) is 4.84. The SMILES string of the molecule is COCCNC(=O)c1cc2n(n1)C[C@@H](NC(=O)c1cc(C)nn1C)C2. The second kappa shape index (κ2) is 7.06. The molecule has 0 saturated heterocycles. The van der Waals surface area contributed by atoms with Crippen molar-refractivity contribution in [1.82, 2.24) is 30.2 Å². The Labute approximate surface area is 145 Å². The first-order valence-corrected chi connectivity index (χ1v) is 8.13. The number of nitrogens with zero attached hydrogens (tertiary/aromatic N) is 4. The largest absolute Gasteiger partial charge is 0.383 e. The van der Waals surface area contributed by atoms with Gasteiger partial charge in [-0.1, -0.05) is 0 Å². The molecule has 2 amide bonds. The maximum Gasteiger partial charge on any atom is 0.271 e. The number of carbonyl (C=O) groups is 2. The molecule has 9 heteroatoms. The van der Waals surface area contributed by atoms with Crippen LogP contribution in [0, 0.1) is 6.92 Å². The Morgan fingerprint density at radius 2 is 2.12 bits per heavy atom. The van der Waals surface area contributed by atoms with E-state index in [1.54, 1.807) is 35.7 Å². The second-order valence-corrected chi connectivity index (χ2v) is 6.12. The molecule has 3 rings (SSSR count). The summed E-state index contributed by atoms with van der Waals surface area (Å²) >= 11 is 0. The molecule has 9 nitrogen and oxygen atoms in total. The highest BCUT2D eigenvalue weighted by molar-refractivity contribution is 5.93. The Morgan fingerprint density at radius 1 is 1.32 bits per heavy atom. The van der Waals surface area contributed by atoms with E-state index in [0.29, 0.717) is 37.5 Å². The fourth-order valence-corrected chi connectivity index (χ4v) is 2.95. The Morgan fingerprint density at radius 3 is 2.76 bits per heavy atom. The number of hydrogen-bond donors (Lipinski definition) is 2. The summed E-state index contributed by atoms with van der Waals surface area (Å²) in [5, 5.41) is 14.2. The van der Waals surface area contributed by atoms with Gasteiger partial charge in [0.2, 0.25) is 0 Å². The van der Waals surface area contributed by atoms with E-state index >= 15 is 0 Å². The molecule has 0 fully saturated rings. The number of aryl methyl sites for hydroxylation is 2. The lowest BCUT2D eigenvalue weighted by atomic mass is 10.2. The molecular formula is C16H22N6O3. The highest BCUT2D eigenvalue weighted by Gasteiger charge is 2.27. The molecule has 25 heavy (non-hydrogen) atoms. The van der Waals surface area contributed by atoms with Crippen molar-refractivity contribution in [3.8, 4) is 0 Å². The van der Waals surface area contributed by atoms with Gasteiger partial charge in [-0.25, -0.2) is 0 Å². The standard InChI is InChI=1S/C16H22N6O3/c1-10-6-14(21(2)19-10)16(24)18-11-7-12-8-13(20-22(12)9-11)15(23)17-4-5-25-3/h6,8,11H,4-5,7,9H2,1-3H3,(H,17,23)(H,18,24)/t11-/m0/s1. The van der Waals surface area contributed by atoms with Gasteiger partial charge in [0.25, 0.3) is 11.8 Å².